The predicted molar refractivity (Wildman–Crippen MR) is 65.7 cm³/mol. The first-order valence-electron chi connectivity index (χ1n) is 5.59. The molecule has 1 aromatic rings. The van der Waals surface area contributed by atoms with Crippen molar-refractivity contribution in [2.24, 2.45) is 5.92 Å². The highest BCUT2D eigenvalue weighted by atomic mass is 35.5. The molecule has 1 aromatic heterocycles. The van der Waals surface area contributed by atoms with E-state index in [1.807, 2.05) is 6.92 Å². The third-order valence-electron chi connectivity index (χ3n) is 2.97. The van der Waals surface area contributed by atoms with E-state index in [2.05, 4.69) is 15.3 Å². The lowest BCUT2D eigenvalue weighted by Gasteiger charge is -2.19. The van der Waals surface area contributed by atoms with Gasteiger partial charge in [0.25, 0.3) is 0 Å². The fourth-order valence-electron chi connectivity index (χ4n) is 1.87. The second kappa shape index (κ2) is 5.45. The summed E-state index contributed by atoms with van der Waals surface area (Å²) < 4.78 is 5.28. The molecule has 18 heavy (non-hydrogen) atoms. The van der Waals surface area contributed by atoms with Crippen LogP contribution in [0.2, 0.25) is 5.28 Å². The van der Waals surface area contributed by atoms with Crippen molar-refractivity contribution < 1.29 is 9.66 Å². The van der Waals surface area contributed by atoms with Crippen molar-refractivity contribution in [3.05, 3.63) is 21.6 Å². The van der Waals surface area contributed by atoms with Crippen LogP contribution in [0.25, 0.3) is 0 Å². The molecule has 0 spiro atoms. The molecule has 1 N–H and O–H groups in total. The van der Waals surface area contributed by atoms with Gasteiger partial charge in [-0.05, 0) is 24.9 Å². The molecule has 1 aliphatic rings. The Hall–Kier alpha value is -1.47. The van der Waals surface area contributed by atoms with Crippen molar-refractivity contribution in [3.8, 4) is 0 Å². The fraction of sp³-hybridized carbons (Fsp3) is 0.600. The summed E-state index contributed by atoms with van der Waals surface area (Å²) in [6, 6.07) is 0.0252. The lowest BCUT2D eigenvalue weighted by molar-refractivity contribution is -0.384. The van der Waals surface area contributed by atoms with Crippen molar-refractivity contribution in [1.29, 1.82) is 0 Å². The minimum atomic E-state index is -0.531. The summed E-state index contributed by atoms with van der Waals surface area (Å²) in [4.78, 5) is 17.8. The molecule has 0 aromatic carbocycles. The maximum absolute atomic E-state index is 10.9. The van der Waals surface area contributed by atoms with Gasteiger partial charge in [0, 0.05) is 18.6 Å². The molecule has 0 amide bonds. The molecule has 7 nitrogen and oxygen atoms in total. The van der Waals surface area contributed by atoms with Crippen molar-refractivity contribution in [1.82, 2.24) is 9.97 Å². The topological polar surface area (TPSA) is 90.2 Å². The standard InChI is InChI=1S/C10H13ClN4O3/c1-6(7-2-3-18-5-7)13-9-8(15(16)17)4-12-10(11)14-9/h4,6-7H,2-3,5H2,1H3,(H,12,13,14). The van der Waals surface area contributed by atoms with Crippen LogP contribution in [0.4, 0.5) is 11.5 Å². The fourth-order valence-corrected chi connectivity index (χ4v) is 2.01. The number of hydrogen-bond donors (Lipinski definition) is 1. The summed E-state index contributed by atoms with van der Waals surface area (Å²) in [5, 5.41) is 13.9. The van der Waals surface area contributed by atoms with Crippen LogP contribution in [0.1, 0.15) is 13.3 Å². The molecule has 0 bridgehead atoms. The van der Waals surface area contributed by atoms with Crippen LogP contribution in [0, 0.1) is 16.0 Å². The lowest BCUT2D eigenvalue weighted by atomic mass is 10.0. The maximum atomic E-state index is 10.9. The number of nitrogens with zero attached hydrogens (tertiary/aromatic N) is 3. The van der Waals surface area contributed by atoms with Crippen LogP contribution < -0.4 is 5.32 Å². The Labute approximate surface area is 109 Å². The van der Waals surface area contributed by atoms with E-state index in [0.29, 0.717) is 12.5 Å². The lowest BCUT2D eigenvalue weighted by Crippen LogP contribution is -2.27. The van der Waals surface area contributed by atoms with Gasteiger partial charge in [-0.1, -0.05) is 0 Å². The summed E-state index contributed by atoms with van der Waals surface area (Å²) in [7, 11) is 0. The normalized spacial score (nSPS) is 20.7. The van der Waals surface area contributed by atoms with Gasteiger partial charge in [-0.15, -0.1) is 0 Å². The molecular weight excluding hydrogens is 260 g/mol. The average molecular weight is 273 g/mol. The van der Waals surface area contributed by atoms with E-state index in [1.165, 1.54) is 0 Å². The molecule has 2 atom stereocenters. The number of nitro groups is 1. The number of halogens is 1. The average Bonchev–Trinajstić information content (AvgIpc) is 2.81. The van der Waals surface area contributed by atoms with E-state index < -0.39 is 4.92 Å². The molecule has 2 unspecified atom stereocenters. The maximum Gasteiger partial charge on any atom is 0.329 e. The number of hydrogen-bond acceptors (Lipinski definition) is 6. The number of rotatable bonds is 4. The van der Waals surface area contributed by atoms with Crippen LogP contribution >= 0.6 is 11.6 Å². The van der Waals surface area contributed by atoms with Crippen LogP contribution in [-0.2, 0) is 4.74 Å². The Morgan fingerprint density at radius 2 is 2.50 bits per heavy atom. The van der Waals surface area contributed by atoms with Gasteiger partial charge in [0.1, 0.15) is 6.20 Å². The Morgan fingerprint density at radius 3 is 3.11 bits per heavy atom. The van der Waals surface area contributed by atoms with Crippen LogP contribution in [0.15, 0.2) is 6.20 Å². The van der Waals surface area contributed by atoms with Crippen molar-refractivity contribution >= 4 is 23.1 Å². The van der Waals surface area contributed by atoms with Gasteiger partial charge in [0.2, 0.25) is 11.1 Å². The van der Waals surface area contributed by atoms with Gasteiger partial charge in [-0.25, -0.2) is 4.98 Å². The van der Waals surface area contributed by atoms with Gasteiger partial charge in [-0.2, -0.15) is 4.98 Å². The predicted octanol–water partition coefficient (Wildman–Crippen LogP) is 1.88. The molecule has 0 radical (unpaired) electrons. The highest BCUT2D eigenvalue weighted by molar-refractivity contribution is 6.28. The highest BCUT2D eigenvalue weighted by Gasteiger charge is 2.25. The zero-order valence-corrected chi connectivity index (χ0v) is 10.6. The monoisotopic (exact) mass is 272 g/mol. The second-order valence-corrected chi connectivity index (χ2v) is 4.52. The third-order valence-corrected chi connectivity index (χ3v) is 3.16. The van der Waals surface area contributed by atoms with Crippen molar-refractivity contribution in [2.75, 3.05) is 18.5 Å². The quantitative estimate of drug-likeness (QED) is 0.511. The summed E-state index contributed by atoms with van der Waals surface area (Å²) in [5.41, 5.74) is -0.176. The van der Waals surface area contributed by atoms with Gasteiger partial charge < -0.3 is 10.1 Å². The SMILES string of the molecule is CC(Nc1nc(Cl)ncc1[N+](=O)[O-])C1CCOC1. The molecule has 2 heterocycles. The number of anilines is 1. The first-order chi connectivity index (χ1) is 8.58. The second-order valence-electron chi connectivity index (χ2n) is 4.19. The van der Waals surface area contributed by atoms with Crippen LogP contribution in [0.3, 0.4) is 0 Å². The Bertz CT molecular complexity index is 451. The van der Waals surface area contributed by atoms with Crippen LogP contribution in [-0.4, -0.2) is 34.1 Å². The summed E-state index contributed by atoms with van der Waals surface area (Å²) >= 11 is 5.66. The number of ether oxygens (including phenoxy) is 1. The van der Waals surface area contributed by atoms with Gasteiger partial charge >= 0.3 is 5.69 Å². The molecule has 2 rings (SSSR count). The molecule has 98 valence electrons. The number of nitrogens with one attached hydrogen (secondary N) is 1. The summed E-state index contributed by atoms with van der Waals surface area (Å²) in [6.45, 7) is 3.32. The number of aromatic nitrogens is 2. The van der Waals surface area contributed by atoms with Crippen molar-refractivity contribution in [2.45, 2.75) is 19.4 Å². The molecular formula is C10H13ClN4O3. The molecule has 0 saturated carbocycles. The zero-order chi connectivity index (χ0) is 13.1. The smallest absolute Gasteiger partial charge is 0.329 e. The molecule has 8 heteroatoms. The van der Waals surface area contributed by atoms with E-state index in [0.717, 1.165) is 19.2 Å². The Morgan fingerprint density at radius 1 is 1.72 bits per heavy atom. The zero-order valence-electron chi connectivity index (χ0n) is 9.80. The summed E-state index contributed by atoms with van der Waals surface area (Å²) in [5.74, 6) is 0.470. The largest absolute Gasteiger partial charge is 0.381 e. The van der Waals surface area contributed by atoms with E-state index in [9.17, 15) is 10.1 Å². The first-order valence-corrected chi connectivity index (χ1v) is 5.97. The van der Waals surface area contributed by atoms with Crippen LogP contribution in [0.5, 0.6) is 0 Å². The van der Waals surface area contributed by atoms with Gasteiger partial charge in [0.05, 0.1) is 11.5 Å². The van der Waals surface area contributed by atoms with E-state index in [4.69, 9.17) is 16.3 Å². The first kappa shape index (κ1) is 13.0. The summed E-state index contributed by atoms with van der Waals surface area (Å²) in [6.07, 6.45) is 2.04. The van der Waals surface area contributed by atoms with Gasteiger partial charge in [0.15, 0.2) is 0 Å². The van der Waals surface area contributed by atoms with Gasteiger partial charge in [-0.3, -0.25) is 10.1 Å². The molecule has 1 aliphatic heterocycles. The Kier molecular flexibility index (Phi) is 3.93. The highest BCUT2D eigenvalue weighted by Crippen LogP contribution is 2.25. The Balaban J connectivity index is 2.16. The molecule has 1 fully saturated rings. The molecule has 1 saturated heterocycles. The third kappa shape index (κ3) is 2.85. The minimum absolute atomic E-state index is 0.0158. The minimum Gasteiger partial charge on any atom is -0.381 e. The van der Waals surface area contributed by atoms with E-state index >= 15 is 0 Å². The molecule has 0 aliphatic carbocycles. The van der Waals surface area contributed by atoms with E-state index in [1.54, 1.807) is 0 Å². The van der Waals surface area contributed by atoms with Crippen molar-refractivity contribution in [3.63, 3.8) is 0 Å². The van der Waals surface area contributed by atoms with E-state index in [-0.39, 0.29) is 22.8 Å².